The maximum atomic E-state index is 13.5. The summed E-state index contributed by atoms with van der Waals surface area (Å²) in [5.41, 5.74) is 6.58. The molecular weight excluding hydrogens is 271 g/mol. The van der Waals surface area contributed by atoms with Gasteiger partial charge in [0.05, 0.1) is 12.6 Å². The van der Waals surface area contributed by atoms with Gasteiger partial charge in [-0.3, -0.25) is 4.79 Å². The Hall–Kier alpha value is -1.46. The zero-order chi connectivity index (χ0) is 15.2. The maximum Gasteiger partial charge on any atom is 0.239 e. The van der Waals surface area contributed by atoms with E-state index in [1.807, 2.05) is 6.07 Å². The highest BCUT2D eigenvalue weighted by Crippen LogP contribution is 2.35. The molecule has 0 aliphatic heterocycles. The van der Waals surface area contributed by atoms with E-state index in [1.54, 1.807) is 6.07 Å². The number of methoxy groups -OCH3 is 1. The summed E-state index contributed by atoms with van der Waals surface area (Å²) in [4.78, 5) is 12.1. The van der Waals surface area contributed by atoms with Gasteiger partial charge in [-0.15, -0.1) is 0 Å². The molecule has 5 heteroatoms. The van der Waals surface area contributed by atoms with Gasteiger partial charge in [-0.1, -0.05) is 25.0 Å². The average molecular weight is 294 g/mol. The van der Waals surface area contributed by atoms with Crippen molar-refractivity contribution in [2.45, 2.75) is 37.8 Å². The predicted octanol–water partition coefficient (Wildman–Crippen LogP) is 2.15. The summed E-state index contributed by atoms with van der Waals surface area (Å²) in [5, 5.41) is 2.98. The molecule has 1 aliphatic rings. The summed E-state index contributed by atoms with van der Waals surface area (Å²) in [6.07, 6.45) is 4.38. The lowest BCUT2D eigenvalue weighted by Gasteiger charge is -2.26. The number of rotatable bonds is 6. The Kier molecular flexibility index (Phi) is 5.70. The summed E-state index contributed by atoms with van der Waals surface area (Å²) < 4.78 is 18.4. The van der Waals surface area contributed by atoms with E-state index in [0.717, 1.165) is 31.2 Å². The van der Waals surface area contributed by atoms with Gasteiger partial charge in [0.1, 0.15) is 11.9 Å². The second-order valence-corrected chi connectivity index (χ2v) is 5.65. The molecule has 0 radical (unpaired) electrons. The SMILES string of the molecule is COCC(N)C(=O)NC(c1cccc(F)c1)C1CCCC1. The van der Waals surface area contributed by atoms with Crippen molar-refractivity contribution in [3.05, 3.63) is 35.6 Å². The topological polar surface area (TPSA) is 64.3 Å². The number of ether oxygens (including phenoxy) is 1. The molecular formula is C16H23FN2O2. The second-order valence-electron chi connectivity index (χ2n) is 5.65. The van der Waals surface area contributed by atoms with Gasteiger partial charge in [0.2, 0.25) is 5.91 Å². The molecule has 4 nitrogen and oxygen atoms in total. The lowest BCUT2D eigenvalue weighted by atomic mass is 9.91. The van der Waals surface area contributed by atoms with Crippen LogP contribution in [0.4, 0.5) is 4.39 Å². The highest BCUT2D eigenvalue weighted by Gasteiger charge is 2.29. The summed E-state index contributed by atoms with van der Waals surface area (Å²) in [7, 11) is 1.51. The molecule has 1 aromatic carbocycles. The normalized spacial score (nSPS) is 18.4. The Balaban J connectivity index is 2.14. The van der Waals surface area contributed by atoms with Gasteiger partial charge >= 0.3 is 0 Å². The molecule has 0 spiro atoms. The molecule has 1 amide bonds. The molecule has 116 valence electrons. The highest BCUT2D eigenvalue weighted by atomic mass is 19.1. The van der Waals surface area contributed by atoms with E-state index < -0.39 is 6.04 Å². The van der Waals surface area contributed by atoms with Crippen LogP contribution >= 0.6 is 0 Å². The van der Waals surface area contributed by atoms with E-state index in [9.17, 15) is 9.18 Å². The number of hydrogen-bond donors (Lipinski definition) is 2. The summed E-state index contributed by atoms with van der Waals surface area (Å²) in [6, 6.07) is 5.55. The number of halogens is 1. The number of amides is 1. The summed E-state index contributed by atoms with van der Waals surface area (Å²) in [5.74, 6) is -0.200. The number of carbonyl (C=O) groups excluding carboxylic acids is 1. The smallest absolute Gasteiger partial charge is 0.239 e. The fourth-order valence-corrected chi connectivity index (χ4v) is 2.98. The van der Waals surface area contributed by atoms with Crippen LogP contribution in [0.15, 0.2) is 24.3 Å². The molecule has 21 heavy (non-hydrogen) atoms. The third-order valence-electron chi connectivity index (χ3n) is 4.06. The van der Waals surface area contributed by atoms with Crippen molar-refractivity contribution in [3.8, 4) is 0 Å². The van der Waals surface area contributed by atoms with Crippen molar-refractivity contribution >= 4 is 5.91 Å². The molecule has 0 saturated heterocycles. The van der Waals surface area contributed by atoms with Crippen LogP contribution in [0.25, 0.3) is 0 Å². The minimum Gasteiger partial charge on any atom is -0.383 e. The zero-order valence-electron chi connectivity index (χ0n) is 12.3. The van der Waals surface area contributed by atoms with E-state index in [-0.39, 0.29) is 24.4 Å². The lowest BCUT2D eigenvalue weighted by Crippen LogP contribution is -2.46. The van der Waals surface area contributed by atoms with Crippen LogP contribution in [-0.4, -0.2) is 25.7 Å². The molecule has 2 atom stereocenters. The molecule has 0 aromatic heterocycles. The first-order valence-corrected chi connectivity index (χ1v) is 7.42. The monoisotopic (exact) mass is 294 g/mol. The van der Waals surface area contributed by atoms with Crippen molar-refractivity contribution in [1.29, 1.82) is 0 Å². The Morgan fingerprint density at radius 1 is 1.48 bits per heavy atom. The maximum absolute atomic E-state index is 13.5. The number of hydrogen-bond acceptors (Lipinski definition) is 3. The number of carbonyl (C=O) groups is 1. The minimum atomic E-state index is -0.701. The van der Waals surface area contributed by atoms with Gasteiger partial charge in [-0.05, 0) is 36.5 Å². The quantitative estimate of drug-likeness (QED) is 0.845. The molecule has 1 aromatic rings. The van der Waals surface area contributed by atoms with Gasteiger partial charge in [0.25, 0.3) is 0 Å². The lowest BCUT2D eigenvalue weighted by molar-refractivity contribution is -0.124. The minimum absolute atomic E-state index is 0.173. The third-order valence-corrected chi connectivity index (χ3v) is 4.06. The van der Waals surface area contributed by atoms with Crippen molar-refractivity contribution in [2.75, 3.05) is 13.7 Å². The Labute approximate surface area is 124 Å². The molecule has 1 fully saturated rings. The van der Waals surface area contributed by atoms with Crippen molar-refractivity contribution < 1.29 is 13.9 Å². The van der Waals surface area contributed by atoms with E-state index in [1.165, 1.54) is 19.2 Å². The van der Waals surface area contributed by atoms with Crippen LogP contribution in [0.3, 0.4) is 0 Å². The van der Waals surface area contributed by atoms with E-state index in [0.29, 0.717) is 5.92 Å². The molecule has 0 heterocycles. The molecule has 1 saturated carbocycles. The second kappa shape index (κ2) is 7.52. The van der Waals surface area contributed by atoms with Crippen molar-refractivity contribution in [2.24, 2.45) is 11.7 Å². The molecule has 2 rings (SSSR count). The third kappa shape index (κ3) is 4.25. The van der Waals surface area contributed by atoms with Gasteiger partial charge < -0.3 is 15.8 Å². The first-order chi connectivity index (χ1) is 10.1. The highest BCUT2D eigenvalue weighted by molar-refractivity contribution is 5.82. The van der Waals surface area contributed by atoms with E-state index >= 15 is 0 Å². The Bertz CT molecular complexity index is 475. The van der Waals surface area contributed by atoms with Gasteiger partial charge in [-0.2, -0.15) is 0 Å². The molecule has 2 unspecified atom stereocenters. The van der Waals surface area contributed by atoms with Crippen LogP contribution in [-0.2, 0) is 9.53 Å². The van der Waals surface area contributed by atoms with Crippen molar-refractivity contribution in [3.63, 3.8) is 0 Å². The van der Waals surface area contributed by atoms with E-state index in [4.69, 9.17) is 10.5 Å². The number of benzene rings is 1. The van der Waals surface area contributed by atoms with Crippen LogP contribution < -0.4 is 11.1 Å². The predicted molar refractivity (Wildman–Crippen MR) is 79.1 cm³/mol. The largest absolute Gasteiger partial charge is 0.383 e. The van der Waals surface area contributed by atoms with Crippen LogP contribution in [0, 0.1) is 11.7 Å². The first-order valence-electron chi connectivity index (χ1n) is 7.42. The van der Waals surface area contributed by atoms with Crippen molar-refractivity contribution in [1.82, 2.24) is 5.32 Å². The molecule has 1 aliphatic carbocycles. The standard InChI is InChI=1S/C16H23FN2O2/c1-21-10-14(18)16(20)19-15(11-5-2-3-6-11)12-7-4-8-13(17)9-12/h4,7-9,11,14-15H,2-3,5-6,10,18H2,1H3,(H,19,20). The fraction of sp³-hybridized carbons (Fsp3) is 0.562. The Morgan fingerprint density at radius 3 is 2.81 bits per heavy atom. The number of nitrogens with one attached hydrogen (secondary N) is 1. The van der Waals surface area contributed by atoms with E-state index in [2.05, 4.69) is 5.32 Å². The first kappa shape index (κ1) is 15.9. The van der Waals surface area contributed by atoms with Crippen LogP contribution in [0.2, 0.25) is 0 Å². The van der Waals surface area contributed by atoms with Gasteiger partial charge in [0, 0.05) is 7.11 Å². The summed E-state index contributed by atoms with van der Waals surface area (Å²) in [6.45, 7) is 0.173. The summed E-state index contributed by atoms with van der Waals surface area (Å²) >= 11 is 0. The number of nitrogens with two attached hydrogens (primary N) is 1. The molecule has 3 N–H and O–H groups in total. The van der Waals surface area contributed by atoms with Gasteiger partial charge in [0.15, 0.2) is 0 Å². The van der Waals surface area contributed by atoms with Crippen LogP contribution in [0.5, 0.6) is 0 Å². The van der Waals surface area contributed by atoms with Gasteiger partial charge in [-0.25, -0.2) is 4.39 Å². The van der Waals surface area contributed by atoms with Crippen LogP contribution in [0.1, 0.15) is 37.3 Å². The Morgan fingerprint density at radius 2 is 2.19 bits per heavy atom. The average Bonchev–Trinajstić information content (AvgIpc) is 2.98. The molecule has 0 bridgehead atoms. The fourth-order valence-electron chi connectivity index (χ4n) is 2.98. The zero-order valence-corrected chi connectivity index (χ0v) is 12.3.